The number of aromatic nitrogens is 2. The van der Waals surface area contributed by atoms with Crippen molar-refractivity contribution in [2.24, 2.45) is 0 Å². The predicted molar refractivity (Wildman–Crippen MR) is 83.3 cm³/mol. The summed E-state index contributed by atoms with van der Waals surface area (Å²) in [6, 6.07) is 8.08. The molecule has 0 unspecified atom stereocenters. The molecule has 2 atom stereocenters. The molecule has 0 radical (unpaired) electrons. The number of hydrogen-bond acceptors (Lipinski definition) is 4. The summed E-state index contributed by atoms with van der Waals surface area (Å²) in [5.74, 6) is 0.803. The summed E-state index contributed by atoms with van der Waals surface area (Å²) in [7, 11) is 0. The number of aliphatic hydroxyl groups is 1. The first kappa shape index (κ1) is 14.0. The zero-order chi connectivity index (χ0) is 14.8. The third-order valence-electron chi connectivity index (χ3n) is 4.09. The molecule has 2 N–H and O–H groups in total. The molecule has 21 heavy (non-hydrogen) atoms. The Morgan fingerprint density at radius 1 is 1.24 bits per heavy atom. The van der Waals surface area contributed by atoms with Gasteiger partial charge in [0.1, 0.15) is 5.82 Å². The molecule has 3 rings (SSSR count). The summed E-state index contributed by atoms with van der Waals surface area (Å²) in [6.07, 6.45) is 3.79. The highest BCUT2D eigenvalue weighted by Gasteiger charge is 2.31. The van der Waals surface area contributed by atoms with Crippen molar-refractivity contribution in [2.45, 2.75) is 45.3 Å². The van der Waals surface area contributed by atoms with Gasteiger partial charge in [-0.1, -0.05) is 38.1 Å². The van der Waals surface area contributed by atoms with Crippen molar-refractivity contribution in [2.75, 3.05) is 5.32 Å². The number of aryl methyl sites for hydroxylation is 2. The van der Waals surface area contributed by atoms with Crippen LogP contribution in [0.4, 0.5) is 5.82 Å². The number of benzene rings is 1. The molecule has 1 aromatic carbocycles. The van der Waals surface area contributed by atoms with E-state index in [2.05, 4.69) is 41.3 Å². The molecule has 0 spiro atoms. The zero-order valence-electron chi connectivity index (χ0n) is 12.5. The highest BCUT2D eigenvalue weighted by molar-refractivity contribution is 5.48. The average Bonchev–Trinajstić information content (AvgIpc) is 2.83. The van der Waals surface area contributed by atoms with E-state index in [0.717, 1.165) is 35.6 Å². The second kappa shape index (κ2) is 5.82. The van der Waals surface area contributed by atoms with Crippen LogP contribution in [0.3, 0.4) is 0 Å². The minimum Gasteiger partial charge on any atom is -0.390 e. The third kappa shape index (κ3) is 2.63. The van der Waals surface area contributed by atoms with E-state index in [4.69, 9.17) is 0 Å². The van der Waals surface area contributed by atoms with Crippen LogP contribution in [-0.2, 0) is 19.3 Å². The van der Waals surface area contributed by atoms with Crippen molar-refractivity contribution in [1.29, 1.82) is 0 Å². The molecule has 1 heterocycles. The Morgan fingerprint density at radius 3 is 2.81 bits per heavy atom. The van der Waals surface area contributed by atoms with Gasteiger partial charge in [0, 0.05) is 12.6 Å². The molecular weight excluding hydrogens is 262 g/mol. The van der Waals surface area contributed by atoms with Crippen LogP contribution >= 0.6 is 0 Å². The van der Waals surface area contributed by atoms with Crippen molar-refractivity contribution in [1.82, 2.24) is 9.97 Å². The first-order chi connectivity index (χ1) is 10.2. The number of hydrogen-bond donors (Lipinski definition) is 2. The van der Waals surface area contributed by atoms with Gasteiger partial charge in [0.15, 0.2) is 0 Å². The van der Waals surface area contributed by atoms with Crippen molar-refractivity contribution >= 4 is 5.82 Å². The Bertz CT molecular complexity index is 642. The summed E-state index contributed by atoms with van der Waals surface area (Å²) in [6.45, 7) is 4.14. The van der Waals surface area contributed by atoms with Crippen molar-refractivity contribution in [3.63, 3.8) is 0 Å². The quantitative estimate of drug-likeness (QED) is 0.905. The van der Waals surface area contributed by atoms with Gasteiger partial charge in [-0.15, -0.1) is 0 Å². The Balaban J connectivity index is 1.93. The Morgan fingerprint density at radius 2 is 2.05 bits per heavy atom. The van der Waals surface area contributed by atoms with E-state index in [0.29, 0.717) is 6.42 Å². The standard InChI is InChI=1S/C17H21N3O/c1-3-12-10-18-14(4-2)17(19-12)20-16-13-8-6-5-7-11(13)9-15(16)21/h5-8,10,15-16,21H,3-4,9H2,1-2H3,(H,19,20)/t15-,16+/m1/s1. The summed E-state index contributed by atoms with van der Waals surface area (Å²) < 4.78 is 0. The lowest BCUT2D eigenvalue weighted by Gasteiger charge is -2.20. The lowest BCUT2D eigenvalue weighted by Crippen LogP contribution is -2.23. The summed E-state index contributed by atoms with van der Waals surface area (Å²) >= 11 is 0. The van der Waals surface area contributed by atoms with E-state index in [1.165, 1.54) is 5.56 Å². The Labute approximate surface area is 125 Å². The molecule has 0 saturated heterocycles. The highest BCUT2D eigenvalue weighted by Crippen LogP contribution is 2.34. The SMILES string of the molecule is CCc1cnc(CC)c(N[C@H]2c3ccccc3C[C@H]2O)n1. The number of fused-ring (bicyclic) bond motifs is 1. The van der Waals surface area contributed by atoms with Crippen LogP contribution in [0.5, 0.6) is 0 Å². The fourth-order valence-electron chi connectivity index (χ4n) is 2.89. The number of nitrogens with zero attached hydrogens (tertiary/aromatic N) is 2. The van der Waals surface area contributed by atoms with E-state index in [9.17, 15) is 5.11 Å². The van der Waals surface area contributed by atoms with Crippen molar-refractivity contribution in [3.8, 4) is 0 Å². The van der Waals surface area contributed by atoms with Crippen molar-refractivity contribution < 1.29 is 5.11 Å². The summed E-state index contributed by atoms with van der Waals surface area (Å²) in [4.78, 5) is 9.13. The molecule has 1 aliphatic rings. The molecular formula is C17H21N3O. The van der Waals surface area contributed by atoms with E-state index in [-0.39, 0.29) is 6.04 Å². The van der Waals surface area contributed by atoms with Crippen LogP contribution in [-0.4, -0.2) is 21.2 Å². The lowest BCUT2D eigenvalue weighted by atomic mass is 10.1. The average molecular weight is 283 g/mol. The second-order valence-electron chi connectivity index (χ2n) is 5.46. The molecule has 1 aromatic heterocycles. The van der Waals surface area contributed by atoms with Crippen LogP contribution in [0.2, 0.25) is 0 Å². The van der Waals surface area contributed by atoms with E-state index < -0.39 is 6.10 Å². The third-order valence-corrected chi connectivity index (χ3v) is 4.09. The minimum absolute atomic E-state index is 0.104. The van der Waals surface area contributed by atoms with Gasteiger partial charge >= 0.3 is 0 Å². The molecule has 4 nitrogen and oxygen atoms in total. The Kier molecular flexibility index (Phi) is 3.88. The number of anilines is 1. The molecule has 0 amide bonds. The van der Waals surface area contributed by atoms with Gasteiger partial charge in [-0.2, -0.15) is 0 Å². The Hall–Kier alpha value is -1.94. The van der Waals surface area contributed by atoms with Crippen molar-refractivity contribution in [3.05, 3.63) is 53.0 Å². The summed E-state index contributed by atoms with van der Waals surface area (Å²) in [5.41, 5.74) is 4.29. The maximum atomic E-state index is 10.4. The van der Waals surface area contributed by atoms with Gasteiger partial charge in [-0.25, -0.2) is 4.98 Å². The summed E-state index contributed by atoms with van der Waals surface area (Å²) in [5, 5.41) is 13.8. The molecule has 0 bridgehead atoms. The van der Waals surface area contributed by atoms with Gasteiger partial charge in [0.25, 0.3) is 0 Å². The molecule has 2 aromatic rings. The van der Waals surface area contributed by atoms with Crippen LogP contribution in [0, 0.1) is 0 Å². The molecule has 1 aliphatic carbocycles. The predicted octanol–water partition coefficient (Wildman–Crippen LogP) is 2.67. The largest absolute Gasteiger partial charge is 0.390 e. The fraction of sp³-hybridized carbons (Fsp3) is 0.412. The first-order valence-electron chi connectivity index (χ1n) is 7.60. The zero-order valence-corrected chi connectivity index (χ0v) is 12.5. The molecule has 0 saturated carbocycles. The van der Waals surface area contributed by atoms with Gasteiger partial charge in [-0.3, -0.25) is 4.98 Å². The molecule has 4 heteroatoms. The number of rotatable bonds is 4. The van der Waals surface area contributed by atoms with Crippen LogP contribution in [0.15, 0.2) is 30.5 Å². The first-order valence-corrected chi connectivity index (χ1v) is 7.60. The topological polar surface area (TPSA) is 58.0 Å². The monoisotopic (exact) mass is 283 g/mol. The lowest BCUT2D eigenvalue weighted by molar-refractivity contribution is 0.165. The normalized spacial score (nSPS) is 20.3. The van der Waals surface area contributed by atoms with Gasteiger partial charge in [0.05, 0.1) is 23.5 Å². The number of nitrogens with one attached hydrogen (secondary N) is 1. The molecule has 0 aliphatic heterocycles. The molecule has 0 fully saturated rings. The van der Waals surface area contributed by atoms with Gasteiger partial charge < -0.3 is 10.4 Å². The second-order valence-corrected chi connectivity index (χ2v) is 5.46. The van der Waals surface area contributed by atoms with E-state index in [1.807, 2.05) is 18.3 Å². The minimum atomic E-state index is -0.417. The van der Waals surface area contributed by atoms with E-state index in [1.54, 1.807) is 0 Å². The smallest absolute Gasteiger partial charge is 0.148 e. The van der Waals surface area contributed by atoms with Crippen LogP contribution < -0.4 is 5.32 Å². The van der Waals surface area contributed by atoms with E-state index >= 15 is 0 Å². The van der Waals surface area contributed by atoms with Crippen LogP contribution in [0.1, 0.15) is 42.4 Å². The maximum Gasteiger partial charge on any atom is 0.148 e. The maximum absolute atomic E-state index is 10.4. The highest BCUT2D eigenvalue weighted by atomic mass is 16.3. The van der Waals surface area contributed by atoms with Crippen LogP contribution in [0.25, 0.3) is 0 Å². The van der Waals surface area contributed by atoms with Gasteiger partial charge in [-0.05, 0) is 24.0 Å². The molecule has 110 valence electrons. The number of aliphatic hydroxyl groups excluding tert-OH is 1. The fourth-order valence-corrected chi connectivity index (χ4v) is 2.89. The van der Waals surface area contributed by atoms with Gasteiger partial charge in [0.2, 0.25) is 0 Å².